The van der Waals surface area contributed by atoms with E-state index in [2.05, 4.69) is 0 Å². The summed E-state index contributed by atoms with van der Waals surface area (Å²) in [7, 11) is 0. The van der Waals surface area contributed by atoms with E-state index in [1.165, 1.54) is 17.7 Å². The molecule has 1 aliphatic carbocycles. The van der Waals surface area contributed by atoms with Crippen LogP contribution in [-0.2, 0) is 0 Å². The smallest absolute Gasteiger partial charge is 0.139 e. The molecule has 0 bridgehead atoms. The van der Waals surface area contributed by atoms with Gasteiger partial charge in [-0.05, 0) is 37.3 Å². The van der Waals surface area contributed by atoms with E-state index in [1.807, 2.05) is 24.5 Å². The number of thioether (sulfide) groups is 1. The van der Waals surface area contributed by atoms with Crippen molar-refractivity contribution in [3.8, 4) is 5.75 Å². The summed E-state index contributed by atoms with van der Waals surface area (Å²) in [5, 5.41) is 0.713. The summed E-state index contributed by atoms with van der Waals surface area (Å²) in [5.41, 5.74) is 0. The van der Waals surface area contributed by atoms with Crippen molar-refractivity contribution in [3.63, 3.8) is 0 Å². The van der Waals surface area contributed by atoms with E-state index in [-0.39, 0.29) is 0 Å². The first-order valence-corrected chi connectivity index (χ1v) is 5.90. The molecule has 0 spiro atoms. The largest absolute Gasteiger partial charge is 0.489 e. The van der Waals surface area contributed by atoms with Gasteiger partial charge in [-0.25, -0.2) is 0 Å². The van der Waals surface area contributed by atoms with Gasteiger partial charge in [0.2, 0.25) is 0 Å². The van der Waals surface area contributed by atoms with E-state index < -0.39 is 0 Å². The molecule has 70 valence electrons. The van der Waals surface area contributed by atoms with Crippen LogP contribution >= 0.6 is 23.4 Å². The third-order valence-electron chi connectivity index (χ3n) is 1.96. The highest BCUT2D eigenvalue weighted by Crippen LogP contribution is 2.34. The Kier molecular flexibility index (Phi) is 2.70. The first-order chi connectivity index (χ1) is 6.29. The Hall–Kier alpha value is -0.340. The highest BCUT2D eigenvalue weighted by Gasteiger charge is 2.24. The second-order valence-corrected chi connectivity index (χ2v) is 4.40. The van der Waals surface area contributed by atoms with Gasteiger partial charge in [0, 0.05) is 4.90 Å². The Morgan fingerprint density at radius 2 is 2.23 bits per heavy atom. The quantitative estimate of drug-likeness (QED) is 0.711. The normalized spacial score (nSPS) is 15.8. The van der Waals surface area contributed by atoms with Crippen molar-refractivity contribution in [3.05, 3.63) is 23.2 Å². The van der Waals surface area contributed by atoms with Gasteiger partial charge in [0.15, 0.2) is 0 Å². The summed E-state index contributed by atoms with van der Waals surface area (Å²) in [6.07, 6.45) is 4.79. The molecule has 13 heavy (non-hydrogen) atoms. The molecule has 0 aromatic heterocycles. The maximum atomic E-state index is 5.99. The Bertz CT molecular complexity index is 310. The predicted octanol–water partition coefficient (Wildman–Crippen LogP) is 3.60. The molecular weight excluding hydrogens is 204 g/mol. The van der Waals surface area contributed by atoms with Crippen molar-refractivity contribution in [2.45, 2.75) is 23.8 Å². The molecule has 0 atom stereocenters. The van der Waals surface area contributed by atoms with Gasteiger partial charge < -0.3 is 4.74 Å². The van der Waals surface area contributed by atoms with Gasteiger partial charge in [-0.15, -0.1) is 11.8 Å². The van der Waals surface area contributed by atoms with Crippen LogP contribution in [0.2, 0.25) is 5.02 Å². The maximum Gasteiger partial charge on any atom is 0.139 e. The highest BCUT2D eigenvalue weighted by molar-refractivity contribution is 7.98. The third-order valence-corrected chi connectivity index (χ3v) is 2.99. The standard InChI is InChI=1S/C10H11ClOS/c1-13-8-4-5-9(11)10(6-8)12-7-2-3-7/h4-7H,2-3H2,1H3. The molecule has 1 aromatic rings. The topological polar surface area (TPSA) is 9.23 Å². The number of ether oxygens (including phenoxy) is 1. The van der Waals surface area contributed by atoms with Crippen LogP contribution in [0.15, 0.2) is 23.1 Å². The molecule has 1 aliphatic rings. The van der Waals surface area contributed by atoms with Crippen LogP contribution in [0.5, 0.6) is 5.75 Å². The lowest BCUT2D eigenvalue weighted by Gasteiger charge is -2.07. The minimum atomic E-state index is 0.412. The molecule has 1 fully saturated rings. The molecule has 0 amide bonds. The predicted molar refractivity (Wildman–Crippen MR) is 56.9 cm³/mol. The highest BCUT2D eigenvalue weighted by atomic mass is 35.5. The van der Waals surface area contributed by atoms with Crippen LogP contribution in [-0.4, -0.2) is 12.4 Å². The lowest BCUT2D eigenvalue weighted by atomic mass is 10.3. The Morgan fingerprint density at radius 3 is 2.85 bits per heavy atom. The number of hydrogen-bond acceptors (Lipinski definition) is 2. The molecule has 1 nitrogen and oxygen atoms in total. The van der Waals surface area contributed by atoms with Gasteiger partial charge in [0.05, 0.1) is 11.1 Å². The van der Waals surface area contributed by atoms with Crippen molar-refractivity contribution < 1.29 is 4.74 Å². The molecule has 0 unspecified atom stereocenters. The van der Waals surface area contributed by atoms with Gasteiger partial charge in [-0.2, -0.15) is 0 Å². The number of rotatable bonds is 3. The lowest BCUT2D eigenvalue weighted by molar-refractivity contribution is 0.302. The van der Waals surface area contributed by atoms with E-state index >= 15 is 0 Å². The van der Waals surface area contributed by atoms with E-state index in [0.29, 0.717) is 11.1 Å². The zero-order valence-corrected chi connectivity index (χ0v) is 8.99. The van der Waals surface area contributed by atoms with Crippen molar-refractivity contribution in [1.29, 1.82) is 0 Å². The minimum Gasteiger partial charge on any atom is -0.489 e. The fourth-order valence-electron chi connectivity index (χ4n) is 1.07. The van der Waals surface area contributed by atoms with Gasteiger partial charge in [-0.3, -0.25) is 0 Å². The summed E-state index contributed by atoms with van der Waals surface area (Å²) < 4.78 is 5.65. The van der Waals surface area contributed by atoms with Gasteiger partial charge >= 0.3 is 0 Å². The molecule has 0 aliphatic heterocycles. The van der Waals surface area contributed by atoms with Crippen LogP contribution in [0.3, 0.4) is 0 Å². The molecule has 0 N–H and O–H groups in total. The van der Waals surface area contributed by atoms with E-state index in [4.69, 9.17) is 16.3 Å². The van der Waals surface area contributed by atoms with Crippen LogP contribution in [0.25, 0.3) is 0 Å². The molecule has 2 rings (SSSR count). The molecule has 0 heterocycles. The third kappa shape index (κ3) is 2.32. The first kappa shape index (κ1) is 9.22. The van der Waals surface area contributed by atoms with Crippen molar-refractivity contribution in [2.75, 3.05) is 6.26 Å². The van der Waals surface area contributed by atoms with Gasteiger partial charge in [0.25, 0.3) is 0 Å². The minimum absolute atomic E-state index is 0.412. The summed E-state index contributed by atoms with van der Waals surface area (Å²) in [5.74, 6) is 0.830. The summed E-state index contributed by atoms with van der Waals surface area (Å²) in [6, 6.07) is 5.91. The van der Waals surface area contributed by atoms with Gasteiger partial charge in [-0.1, -0.05) is 11.6 Å². The zero-order chi connectivity index (χ0) is 9.26. The van der Waals surface area contributed by atoms with Crippen molar-refractivity contribution in [1.82, 2.24) is 0 Å². The van der Waals surface area contributed by atoms with Crippen LogP contribution in [0, 0.1) is 0 Å². The maximum absolute atomic E-state index is 5.99. The average Bonchev–Trinajstić information content (AvgIpc) is 2.93. The summed E-state index contributed by atoms with van der Waals surface area (Å²) in [6.45, 7) is 0. The number of halogens is 1. The van der Waals surface area contributed by atoms with Crippen molar-refractivity contribution in [2.24, 2.45) is 0 Å². The molecule has 0 radical (unpaired) electrons. The second-order valence-electron chi connectivity index (χ2n) is 3.11. The van der Waals surface area contributed by atoms with Crippen LogP contribution in [0.1, 0.15) is 12.8 Å². The molecule has 3 heteroatoms. The fourth-order valence-corrected chi connectivity index (χ4v) is 1.66. The Balaban J connectivity index is 2.19. The molecule has 0 saturated heterocycles. The Labute approximate surface area is 87.4 Å². The second kappa shape index (κ2) is 3.81. The summed E-state index contributed by atoms with van der Waals surface area (Å²) >= 11 is 7.69. The fraction of sp³-hybridized carbons (Fsp3) is 0.400. The average molecular weight is 215 g/mol. The molecule has 1 saturated carbocycles. The first-order valence-electron chi connectivity index (χ1n) is 4.30. The SMILES string of the molecule is CSc1ccc(Cl)c(OC2CC2)c1. The lowest BCUT2D eigenvalue weighted by Crippen LogP contribution is -1.96. The number of benzene rings is 1. The Morgan fingerprint density at radius 1 is 1.46 bits per heavy atom. The van der Waals surface area contributed by atoms with E-state index in [9.17, 15) is 0 Å². The summed E-state index contributed by atoms with van der Waals surface area (Å²) in [4.78, 5) is 1.19. The van der Waals surface area contributed by atoms with Gasteiger partial charge in [0.1, 0.15) is 5.75 Å². The zero-order valence-electron chi connectivity index (χ0n) is 7.42. The number of hydrogen-bond donors (Lipinski definition) is 0. The van der Waals surface area contributed by atoms with Crippen LogP contribution in [0.4, 0.5) is 0 Å². The van der Waals surface area contributed by atoms with E-state index in [0.717, 1.165) is 5.75 Å². The van der Waals surface area contributed by atoms with E-state index in [1.54, 1.807) is 11.8 Å². The van der Waals surface area contributed by atoms with Crippen LogP contribution < -0.4 is 4.74 Å². The van der Waals surface area contributed by atoms with Crippen molar-refractivity contribution >= 4 is 23.4 Å². The molecule has 1 aromatic carbocycles. The molecular formula is C10H11ClOS. The monoisotopic (exact) mass is 214 g/mol.